The van der Waals surface area contributed by atoms with Gasteiger partial charge in [0.25, 0.3) is 10.1 Å². The van der Waals surface area contributed by atoms with Gasteiger partial charge in [0.05, 0.1) is 31.3 Å². The third-order valence-corrected chi connectivity index (χ3v) is 3.69. The highest BCUT2D eigenvalue weighted by atomic mass is 32.2. The molecular formula is C12H17N3O5S. The molecule has 0 heterocycles. The summed E-state index contributed by atoms with van der Waals surface area (Å²) in [6, 6.07) is 6.39. The van der Waals surface area contributed by atoms with Crippen LogP contribution in [-0.2, 0) is 23.8 Å². The van der Waals surface area contributed by atoms with Gasteiger partial charge in [-0.15, -0.1) is 0 Å². The Balaban J connectivity index is 2.19. The minimum absolute atomic E-state index is 0.0574. The highest BCUT2D eigenvalue weighted by molar-refractivity contribution is 7.86. The topological polar surface area (TPSA) is 111 Å². The van der Waals surface area contributed by atoms with E-state index in [0.29, 0.717) is 0 Å². The molecule has 0 amide bonds. The van der Waals surface area contributed by atoms with Crippen LogP contribution < -0.4 is 0 Å². The first kappa shape index (κ1) is 17.4. The minimum atomic E-state index is -3.75. The number of azide groups is 1. The van der Waals surface area contributed by atoms with Crippen LogP contribution in [0, 0.1) is 6.92 Å². The number of aryl methyl sites for hydroxylation is 1. The quantitative estimate of drug-likeness (QED) is 0.215. The number of nitrogens with zero attached hydrogens (tertiary/aromatic N) is 3. The molecule has 0 bridgehead atoms. The Morgan fingerprint density at radius 3 is 2.38 bits per heavy atom. The Morgan fingerprint density at radius 2 is 1.71 bits per heavy atom. The maximum atomic E-state index is 11.8. The molecule has 9 heteroatoms. The minimum Gasteiger partial charge on any atom is -0.377 e. The van der Waals surface area contributed by atoms with Gasteiger partial charge in [0.2, 0.25) is 0 Å². The molecule has 0 unspecified atom stereocenters. The van der Waals surface area contributed by atoms with Crippen LogP contribution in [0.15, 0.2) is 34.3 Å². The second-order valence-electron chi connectivity index (χ2n) is 3.97. The Hall–Kier alpha value is -1.64. The summed E-state index contributed by atoms with van der Waals surface area (Å²) in [5.41, 5.74) is 8.97. The SMILES string of the molecule is Cc1ccc(S(=O)(=O)OCCOCCOCN=[N+]=[N-])cc1. The van der Waals surface area contributed by atoms with Crippen molar-refractivity contribution in [2.75, 3.05) is 33.2 Å². The maximum Gasteiger partial charge on any atom is 0.297 e. The van der Waals surface area contributed by atoms with Crippen LogP contribution in [0.1, 0.15) is 5.56 Å². The molecule has 0 spiro atoms. The Labute approximate surface area is 123 Å². The molecule has 8 nitrogen and oxygen atoms in total. The number of hydrogen-bond donors (Lipinski definition) is 0. The van der Waals surface area contributed by atoms with Gasteiger partial charge in [-0.1, -0.05) is 22.8 Å². The summed E-state index contributed by atoms with van der Waals surface area (Å²) in [4.78, 5) is 2.63. The van der Waals surface area contributed by atoms with Gasteiger partial charge in [-0.25, -0.2) is 0 Å². The van der Waals surface area contributed by atoms with Gasteiger partial charge in [-0.2, -0.15) is 8.42 Å². The zero-order chi connectivity index (χ0) is 15.6. The largest absolute Gasteiger partial charge is 0.377 e. The van der Waals surface area contributed by atoms with Gasteiger partial charge in [-0.3, -0.25) is 4.18 Å². The predicted octanol–water partition coefficient (Wildman–Crippen LogP) is 2.00. The highest BCUT2D eigenvalue weighted by Crippen LogP contribution is 2.12. The fraction of sp³-hybridized carbons (Fsp3) is 0.500. The molecule has 1 aromatic carbocycles. The summed E-state index contributed by atoms with van der Waals surface area (Å²) in [6.45, 7) is 2.37. The first-order valence-electron chi connectivity index (χ1n) is 6.19. The Bertz CT molecular complexity index is 567. The molecule has 1 rings (SSSR count). The number of hydrogen-bond acceptors (Lipinski definition) is 6. The highest BCUT2D eigenvalue weighted by Gasteiger charge is 2.14. The van der Waals surface area contributed by atoms with E-state index in [9.17, 15) is 8.42 Å². The molecule has 0 atom stereocenters. The normalized spacial score (nSPS) is 11.1. The van der Waals surface area contributed by atoms with Gasteiger partial charge in [0, 0.05) is 4.91 Å². The Kier molecular flexibility index (Phi) is 7.73. The van der Waals surface area contributed by atoms with Crippen LogP contribution in [0.4, 0.5) is 0 Å². The standard InChI is InChI=1S/C12H17N3O5S/c1-11-2-4-12(5-3-11)21(16,17)20-9-8-18-6-7-19-10-14-15-13/h2-5H,6-10H2,1H3. The monoisotopic (exact) mass is 315 g/mol. The van der Waals surface area contributed by atoms with Gasteiger partial charge in [0.1, 0.15) is 6.73 Å². The van der Waals surface area contributed by atoms with Gasteiger partial charge >= 0.3 is 0 Å². The summed E-state index contributed by atoms with van der Waals surface area (Å²) in [5, 5.41) is 3.18. The van der Waals surface area contributed by atoms with Gasteiger partial charge < -0.3 is 9.47 Å². The lowest BCUT2D eigenvalue weighted by molar-refractivity contribution is 0.0392. The molecule has 0 aliphatic carbocycles. The third kappa shape index (κ3) is 7.07. The molecule has 1 aromatic rings. The first-order chi connectivity index (χ1) is 10.1. The molecule has 0 fully saturated rings. The van der Waals surface area contributed by atoms with Crippen molar-refractivity contribution in [3.8, 4) is 0 Å². The third-order valence-electron chi connectivity index (χ3n) is 2.36. The average molecular weight is 315 g/mol. The van der Waals surface area contributed by atoms with E-state index in [0.717, 1.165) is 5.56 Å². The summed E-state index contributed by atoms with van der Waals surface area (Å²) in [6.07, 6.45) is 0. The lowest BCUT2D eigenvalue weighted by Gasteiger charge is -2.07. The van der Waals surface area contributed by atoms with Crippen molar-refractivity contribution in [2.45, 2.75) is 11.8 Å². The van der Waals surface area contributed by atoms with Crippen molar-refractivity contribution < 1.29 is 22.1 Å². The molecule has 116 valence electrons. The van der Waals surface area contributed by atoms with E-state index in [2.05, 4.69) is 10.0 Å². The zero-order valence-electron chi connectivity index (χ0n) is 11.6. The van der Waals surface area contributed by atoms with E-state index in [1.807, 2.05) is 6.92 Å². The van der Waals surface area contributed by atoms with E-state index in [-0.39, 0.29) is 38.1 Å². The second kappa shape index (κ2) is 9.32. The summed E-state index contributed by atoms with van der Waals surface area (Å²) < 4.78 is 38.5. The van der Waals surface area contributed by atoms with Crippen molar-refractivity contribution in [3.63, 3.8) is 0 Å². The van der Waals surface area contributed by atoms with Gasteiger partial charge in [0.15, 0.2) is 0 Å². The molecule has 0 aliphatic heterocycles. The van der Waals surface area contributed by atoms with Crippen LogP contribution in [0.5, 0.6) is 0 Å². The fourth-order valence-corrected chi connectivity index (χ4v) is 2.22. The van der Waals surface area contributed by atoms with Crippen molar-refractivity contribution >= 4 is 10.1 Å². The number of ether oxygens (including phenoxy) is 2. The van der Waals surface area contributed by atoms with Crippen molar-refractivity contribution in [1.82, 2.24) is 0 Å². The van der Waals surface area contributed by atoms with Crippen LogP contribution in [-0.4, -0.2) is 41.6 Å². The van der Waals surface area contributed by atoms with Crippen molar-refractivity contribution in [2.24, 2.45) is 5.11 Å². The van der Waals surface area contributed by atoms with E-state index in [1.165, 1.54) is 12.1 Å². The summed E-state index contributed by atoms with van der Waals surface area (Å²) in [7, 11) is -3.75. The second-order valence-corrected chi connectivity index (χ2v) is 5.59. The smallest absolute Gasteiger partial charge is 0.297 e. The molecule has 0 saturated carbocycles. The molecule has 0 radical (unpaired) electrons. The van der Waals surface area contributed by atoms with Crippen LogP contribution in [0.25, 0.3) is 10.4 Å². The average Bonchev–Trinajstić information content (AvgIpc) is 2.46. The van der Waals surface area contributed by atoms with E-state index < -0.39 is 10.1 Å². The molecule has 0 aromatic heterocycles. The number of benzene rings is 1. The lowest BCUT2D eigenvalue weighted by Crippen LogP contribution is -2.13. The molecule has 0 N–H and O–H groups in total. The molecule has 0 aliphatic rings. The first-order valence-corrected chi connectivity index (χ1v) is 7.59. The number of rotatable bonds is 10. The van der Waals surface area contributed by atoms with Crippen LogP contribution >= 0.6 is 0 Å². The van der Waals surface area contributed by atoms with Crippen LogP contribution in [0.2, 0.25) is 0 Å². The zero-order valence-corrected chi connectivity index (χ0v) is 12.5. The molecule has 0 saturated heterocycles. The van der Waals surface area contributed by atoms with Crippen molar-refractivity contribution in [1.29, 1.82) is 0 Å². The maximum absolute atomic E-state index is 11.8. The van der Waals surface area contributed by atoms with Crippen LogP contribution in [0.3, 0.4) is 0 Å². The van der Waals surface area contributed by atoms with E-state index in [1.54, 1.807) is 12.1 Å². The Morgan fingerprint density at radius 1 is 1.10 bits per heavy atom. The summed E-state index contributed by atoms with van der Waals surface area (Å²) in [5.74, 6) is 0. The predicted molar refractivity (Wildman–Crippen MR) is 75.1 cm³/mol. The molecular weight excluding hydrogens is 298 g/mol. The van der Waals surface area contributed by atoms with Crippen molar-refractivity contribution in [3.05, 3.63) is 40.3 Å². The fourth-order valence-electron chi connectivity index (χ4n) is 1.33. The van der Waals surface area contributed by atoms with E-state index in [4.69, 9.17) is 19.2 Å². The molecule has 21 heavy (non-hydrogen) atoms. The summed E-state index contributed by atoms with van der Waals surface area (Å²) >= 11 is 0. The van der Waals surface area contributed by atoms with Gasteiger partial charge in [-0.05, 0) is 24.6 Å². The van der Waals surface area contributed by atoms with E-state index >= 15 is 0 Å². The lowest BCUT2D eigenvalue weighted by atomic mass is 10.2.